The molecule has 0 aliphatic carbocycles. The van der Waals surface area contributed by atoms with Gasteiger partial charge in [0.15, 0.2) is 0 Å². The summed E-state index contributed by atoms with van der Waals surface area (Å²) in [5.41, 5.74) is 11.3. The molecule has 25 heavy (non-hydrogen) atoms. The zero-order chi connectivity index (χ0) is 18.4. The van der Waals surface area contributed by atoms with Crippen molar-refractivity contribution in [1.29, 1.82) is 0 Å². The lowest BCUT2D eigenvalue weighted by atomic mass is 10.2. The van der Waals surface area contributed by atoms with E-state index in [0.29, 0.717) is 11.4 Å². The third-order valence-electron chi connectivity index (χ3n) is 3.27. The maximum atomic E-state index is 11.6. The highest BCUT2D eigenvalue weighted by atomic mass is 16.5. The molecular weight excluding hydrogens is 324 g/mol. The van der Waals surface area contributed by atoms with E-state index in [2.05, 4.69) is 20.6 Å². The molecule has 0 saturated carbocycles. The van der Waals surface area contributed by atoms with E-state index < -0.39 is 11.8 Å². The Kier molecular flexibility index (Phi) is 5.72. The molecule has 9 heteroatoms. The molecule has 0 aliphatic rings. The summed E-state index contributed by atoms with van der Waals surface area (Å²) in [6.45, 7) is 1.77. The van der Waals surface area contributed by atoms with Gasteiger partial charge in [-0.25, -0.2) is 4.98 Å². The summed E-state index contributed by atoms with van der Waals surface area (Å²) >= 11 is 0. The minimum Gasteiger partial charge on any atom is -0.497 e. The van der Waals surface area contributed by atoms with Crippen LogP contribution in [0.4, 0.5) is 17.5 Å². The van der Waals surface area contributed by atoms with Crippen molar-refractivity contribution in [2.75, 3.05) is 17.7 Å². The highest BCUT2D eigenvalue weighted by Crippen LogP contribution is 2.23. The highest BCUT2D eigenvalue weighted by Gasteiger charge is 2.14. The molecule has 1 atom stereocenters. The van der Waals surface area contributed by atoms with Crippen molar-refractivity contribution in [3.8, 4) is 5.75 Å². The van der Waals surface area contributed by atoms with Crippen LogP contribution in [0.25, 0.3) is 0 Å². The average Bonchev–Trinajstić information content (AvgIpc) is 2.54. The number of hydrogen-bond acceptors (Lipinski definition) is 7. The molecule has 2 aromatic rings. The fraction of sp³-hybridized carbons (Fsp3) is 0.250. The van der Waals surface area contributed by atoms with Crippen LogP contribution in [0.15, 0.2) is 30.5 Å². The van der Waals surface area contributed by atoms with Gasteiger partial charge in [0.25, 0.3) is 5.91 Å². The zero-order valence-corrected chi connectivity index (χ0v) is 13.9. The van der Waals surface area contributed by atoms with E-state index in [9.17, 15) is 9.59 Å². The van der Waals surface area contributed by atoms with Crippen LogP contribution in [0.2, 0.25) is 0 Å². The van der Waals surface area contributed by atoms with Gasteiger partial charge < -0.3 is 26.8 Å². The number of carbonyl (C=O) groups is 2. The van der Waals surface area contributed by atoms with E-state index in [1.54, 1.807) is 38.3 Å². The van der Waals surface area contributed by atoms with Gasteiger partial charge in [0, 0.05) is 30.4 Å². The molecule has 9 nitrogen and oxygen atoms in total. The van der Waals surface area contributed by atoms with Crippen LogP contribution in [0.1, 0.15) is 23.7 Å². The van der Waals surface area contributed by atoms with Gasteiger partial charge in [-0.05, 0) is 19.1 Å². The normalized spacial score (nSPS) is 11.4. The number of nitrogens with two attached hydrogens (primary N) is 2. The van der Waals surface area contributed by atoms with E-state index in [-0.39, 0.29) is 29.8 Å². The van der Waals surface area contributed by atoms with Crippen LogP contribution in [-0.4, -0.2) is 34.9 Å². The number of amides is 2. The second-order valence-electron chi connectivity index (χ2n) is 5.39. The first-order valence-corrected chi connectivity index (χ1v) is 7.51. The molecule has 0 saturated heterocycles. The van der Waals surface area contributed by atoms with Crippen molar-refractivity contribution in [1.82, 2.24) is 9.97 Å². The van der Waals surface area contributed by atoms with Gasteiger partial charge in [0.2, 0.25) is 11.9 Å². The molecule has 0 bridgehead atoms. The van der Waals surface area contributed by atoms with E-state index in [1.165, 1.54) is 6.20 Å². The van der Waals surface area contributed by atoms with Crippen LogP contribution in [0, 0.1) is 0 Å². The average molecular weight is 344 g/mol. The van der Waals surface area contributed by atoms with E-state index in [1.807, 2.05) is 0 Å². The molecule has 0 fully saturated rings. The molecule has 1 unspecified atom stereocenters. The molecule has 2 rings (SSSR count). The Bertz CT molecular complexity index is 780. The summed E-state index contributed by atoms with van der Waals surface area (Å²) in [5.74, 6) is 0.0207. The van der Waals surface area contributed by atoms with Crippen LogP contribution < -0.4 is 26.8 Å². The van der Waals surface area contributed by atoms with Crippen molar-refractivity contribution in [3.63, 3.8) is 0 Å². The third-order valence-corrected chi connectivity index (χ3v) is 3.27. The number of primary amides is 2. The summed E-state index contributed by atoms with van der Waals surface area (Å²) < 4.78 is 5.16. The quantitative estimate of drug-likeness (QED) is 0.559. The molecule has 1 heterocycles. The van der Waals surface area contributed by atoms with Gasteiger partial charge in [0.1, 0.15) is 17.1 Å². The Morgan fingerprint density at radius 1 is 1.32 bits per heavy atom. The number of nitrogens with zero attached hydrogens (tertiary/aromatic N) is 2. The Morgan fingerprint density at radius 2 is 2.08 bits per heavy atom. The Labute approximate surface area is 144 Å². The molecule has 0 radical (unpaired) electrons. The summed E-state index contributed by atoms with van der Waals surface area (Å²) in [6, 6.07) is 6.86. The summed E-state index contributed by atoms with van der Waals surface area (Å²) in [4.78, 5) is 30.9. The molecule has 132 valence electrons. The van der Waals surface area contributed by atoms with Crippen LogP contribution in [0.5, 0.6) is 5.75 Å². The SMILES string of the molecule is COc1cccc(Nc2nc(NC(C)CC(N)=O)ncc2C(N)=O)c1. The number of hydrogen-bond donors (Lipinski definition) is 4. The van der Waals surface area contributed by atoms with E-state index in [4.69, 9.17) is 16.2 Å². The van der Waals surface area contributed by atoms with Crippen LogP contribution in [-0.2, 0) is 4.79 Å². The monoisotopic (exact) mass is 344 g/mol. The Hall–Kier alpha value is -3.36. The maximum absolute atomic E-state index is 11.6. The molecule has 1 aromatic carbocycles. The van der Waals surface area contributed by atoms with Gasteiger partial charge in [-0.2, -0.15) is 4.98 Å². The van der Waals surface area contributed by atoms with Gasteiger partial charge in [-0.3, -0.25) is 9.59 Å². The molecule has 1 aromatic heterocycles. The fourth-order valence-corrected chi connectivity index (χ4v) is 2.14. The number of ether oxygens (including phenoxy) is 1. The smallest absolute Gasteiger partial charge is 0.254 e. The summed E-state index contributed by atoms with van der Waals surface area (Å²) in [7, 11) is 1.56. The number of methoxy groups -OCH3 is 1. The summed E-state index contributed by atoms with van der Waals surface area (Å²) in [6.07, 6.45) is 1.44. The van der Waals surface area contributed by atoms with Crippen LogP contribution >= 0.6 is 0 Å². The topological polar surface area (TPSA) is 145 Å². The van der Waals surface area contributed by atoms with Crippen molar-refractivity contribution < 1.29 is 14.3 Å². The minimum absolute atomic E-state index is 0.125. The first-order chi connectivity index (χ1) is 11.9. The fourth-order valence-electron chi connectivity index (χ4n) is 2.14. The van der Waals surface area contributed by atoms with Crippen LogP contribution in [0.3, 0.4) is 0 Å². The number of anilines is 3. The first kappa shape index (κ1) is 18.0. The largest absolute Gasteiger partial charge is 0.497 e. The number of nitrogens with one attached hydrogen (secondary N) is 2. The lowest BCUT2D eigenvalue weighted by molar-refractivity contribution is -0.118. The van der Waals surface area contributed by atoms with Crippen molar-refractivity contribution in [2.24, 2.45) is 11.5 Å². The van der Waals surface area contributed by atoms with Crippen molar-refractivity contribution in [3.05, 3.63) is 36.0 Å². The standard InChI is InChI=1S/C16H20N6O3/c1-9(6-13(17)23)20-16-19-8-12(14(18)24)15(22-16)21-10-4-3-5-11(7-10)25-2/h3-5,7-9H,6H2,1-2H3,(H2,17,23)(H2,18,24)(H2,19,20,21,22). The molecule has 0 aliphatic heterocycles. The molecule has 0 spiro atoms. The van der Waals surface area contributed by atoms with Gasteiger partial charge >= 0.3 is 0 Å². The third kappa shape index (κ3) is 5.06. The predicted octanol–water partition coefficient (Wildman–Crippen LogP) is 1.00. The molecule has 6 N–H and O–H groups in total. The minimum atomic E-state index is -0.665. The summed E-state index contributed by atoms with van der Waals surface area (Å²) in [5, 5.41) is 5.97. The van der Waals surface area contributed by atoms with Gasteiger partial charge in [-0.1, -0.05) is 6.07 Å². The number of benzene rings is 1. The van der Waals surface area contributed by atoms with Gasteiger partial charge in [-0.15, -0.1) is 0 Å². The molecule has 2 amide bonds. The highest BCUT2D eigenvalue weighted by molar-refractivity contribution is 5.98. The van der Waals surface area contributed by atoms with Gasteiger partial charge in [0.05, 0.1) is 7.11 Å². The Balaban J connectivity index is 2.28. The number of rotatable bonds is 8. The lowest BCUT2D eigenvalue weighted by Gasteiger charge is -2.15. The predicted molar refractivity (Wildman–Crippen MR) is 93.7 cm³/mol. The van der Waals surface area contributed by atoms with Crippen molar-refractivity contribution >= 4 is 29.3 Å². The van der Waals surface area contributed by atoms with Crippen molar-refractivity contribution in [2.45, 2.75) is 19.4 Å². The zero-order valence-electron chi connectivity index (χ0n) is 13.9. The van der Waals surface area contributed by atoms with E-state index in [0.717, 1.165) is 0 Å². The second-order valence-corrected chi connectivity index (χ2v) is 5.39. The lowest BCUT2D eigenvalue weighted by Crippen LogP contribution is -2.25. The first-order valence-electron chi connectivity index (χ1n) is 7.51. The number of aromatic nitrogens is 2. The van der Waals surface area contributed by atoms with E-state index >= 15 is 0 Å². The number of carbonyl (C=O) groups excluding carboxylic acids is 2. The maximum Gasteiger partial charge on any atom is 0.254 e. The second kappa shape index (κ2) is 7.95. The Morgan fingerprint density at radius 3 is 2.72 bits per heavy atom. The molecular formula is C16H20N6O3.